The third-order valence-electron chi connectivity index (χ3n) is 5.83. The first kappa shape index (κ1) is 16.9. The van der Waals surface area contributed by atoms with E-state index in [0.29, 0.717) is 6.04 Å². The molecular formula is C19H32N6. The molecule has 3 heterocycles. The van der Waals surface area contributed by atoms with Crippen LogP contribution in [0, 0.1) is 0 Å². The third-order valence-corrected chi connectivity index (χ3v) is 5.83. The fourth-order valence-corrected chi connectivity index (χ4v) is 4.32. The van der Waals surface area contributed by atoms with Crippen molar-refractivity contribution < 1.29 is 0 Å². The Kier molecular flexibility index (Phi) is 5.52. The van der Waals surface area contributed by atoms with E-state index in [-0.39, 0.29) is 0 Å². The van der Waals surface area contributed by atoms with Crippen LogP contribution in [0.4, 0.5) is 17.8 Å². The van der Waals surface area contributed by atoms with E-state index in [2.05, 4.69) is 15.1 Å². The zero-order valence-corrected chi connectivity index (χ0v) is 15.4. The van der Waals surface area contributed by atoms with Crippen LogP contribution in [0.1, 0.15) is 70.6 Å². The molecular weight excluding hydrogens is 312 g/mol. The second-order valence-corrected chi connectivity index (χ2v) is 7.83. The second kappa shape index (κ2) is 8.19. The maximum atomic E-state index is 4.86. The molecule has 6 nitrogen and oxygen atoms in total. The predicted molar refractivity (Wildman–Crippen MR) is 102 cm³/mol. The van der Waals surface area contributed by atoms with Crippen LogP contribution in [0.2, 0.25) is 0 Å². The SMILES string of the molecule is C1CCC(Nc2nc(N3CCCCC3)nc(N3CCCCC3)n2)CC1. The lowest BCUT2D eigenvalue weighted by Gasteiger charge is -2.31. The molecule has 4 rings (SSSR count). The van der Waals surface area contributed by atoms with Gasteiger partial charge in [0.2, 0.25) is 17.8 Å². The van der Waals surface area contributed by atoms with Crippen LogP contribution in [-0.2, 0) is 0 Å². The molecule has 1 aromatic rings. The van der Waals surface area contributed by atoms with E-state index in [1.165, 1.54) is 70.6 Å². The van der Waals surface area contributed by atoms with Crippen molar-refractivity contribution in [1.82, 2.24) is 15.0 Å². The van der Waals surface area contributed by atoms with Crippen molar-refractivity contribution in [2.75, 3.05) is 41.3 Å². The molecule has 2 saturated heterocycles. The molecule has 0 unspecified atom stereocenters. The van der Waals surface area contributed by atoms with Gasteiger partial charge in [0.25, 0.3) is 0 Å². The zero-order valence-electron chi connectivity index (χ0n) is 15.4. The molecule has 0 amide bonds. The van der Waals surface area contributed by atoms with E-state index >= 15 is 0 Å². The van der Waals surface area contributed by atoms with E-state index < -0.39 is 0 Å². The lowest BCUT2D eigenvalue weighted by atomic mass is 9.96. The summed E-state index contributed by atoms with van der Waals surface area (Å²) >= 11 is 0. The minimum Gasteiger partial charge on any atom is -0.351 e. The highest BCUT2D eigenvalue weighted by atomic mass is 15.4. The topological polar surface area (TPSA) is 57.2 Å². The minimum atomic E-state index is 0.527. The Morgan fingerprint density at radius 2 is 1.08 bits per heavy atom. The first-order valence-corrected chi connectivity index (χ1v) is 10.4. The molecule has 1 saturated carbocycles. The average Bonchev–Trinajstić information content (AvgIpc) is 2.70. The smallest absolute Gasteiger partial charge is 0.231 e. The Hall–Kier alpha value is -1.59. The molecule has 0 bridgehead atoms. The van der Waals surface area contributed by atoms with Gasteiger partial charge in [-0.3, -0.25) is 0 Å². The van der Waals surface area contributed by atoms with Gasteiger partial charge in [-0.2, -0.15) is 15.0 Å². The number of nitrogens with one attached hydrogen (secondary N) is 1. The summed E-state index contributed by atoms with van der Waals surface area (Å²) in [6.45, 7) is 4.30. The summed E-state index contributed by atoms with van der Waals surface area (Å²) in [5, 5.41) is 3.62. The molecule has 1 N–H and O–H groups in total. The molecule has 138 valence electrons. The number of rotatable bonds is 4. The van der Waals surface area contributed by atoms with E-state index in [1.54, 1.807) is 0 Å². The van der Waals surface area contributed by atoms with Gasteiger partial charge in [-0.05, 0) is 51.4 Å². The number of hydrogen-bond acceptors (Lipinski definition) is 6. The lowest BCUT2D eigenvalue weighted by molar-refractivity contribution is 0.460. The first-order chi connectivity index (χ1) is 12.4. The van der Waals surface area contributed by atoms with Gasteiger partial charge in [-0.15, -0.1) is 0 Å². The van der Waals surface area contributed by atoms with E-state index in [4.69, 9.17) is 15.0 Å². The van der Waals surface area contributed by atoms with Gasteiger partial charge in [0, 0.05) is 32.2 Å². The highest BCUT2D eigenvalue weighted by molar-refractivity contribution is 5.46. The third kappa shape index (κ3) is 4.33. The standard InChI is InChI=1S/C19H32N6/c1-4-10-16(11-5-1)20-17-21-18(24-12-6-2-7-13-24)23-19(22-17)25-14-8-3-9-15-25/h16H,1-15H2,(H,20,21,22,23). The van der Waals surface area contributed by atoms with Crippen molar-refractivity contribution in [1.29, 1.82) is 0 Å². The lowest BCUT2D eigenvalue weighted by Crippen LogP contribution is -2.35. The first-order valence-electron chi connectivity index (χ1n) is 10.4. The molecule has 0 atom stereocenters. The summed E-state index contributed by atoms with van der Waals surface area (Å²) in [6.07, 6.45) is 14.1. The zero-order chi connectivity index (χ0) is 16.9. The fraction of sp³-hybridized carbons (Fsp3) is 0.842. The van der Waals surface area contributed by atoms with Gasteiger partial charge in [-0.25, -0.2) is 0 Å². The van der Waals surface area contributed by atoms with Crippen molar-refractivity contribution >= 4 is 17.8 Å². The number of hydrogen-bond donors (Lipinski definition) is 1. The van der Waals surface area contributed by atoms with Gasteiger partial charge in [0.1, 0.15) is 0 Å². The van der Waals surface area contributed by atoms with Crippen LogP contribution in [0.25, 0.3) is 0 Å². The minimum absolute atomic E-state index is 0.527. The highest BCUT2D eigenvalue weighted by Gasteiger charge is 2.22. The van der Waals surface area contributed by atoms with E-state index in [1.807, 2.05) is 0 Å². The van der Waals surface area contributed by atoms with Crippen LogP contribution in [0.5, 0.6) is 0 Å². The molecule has 6 heteroatoms. The van der Waals surface area contributed by atoms with Crippen molar-refractivity contribution in [2.24, 2.45) is 0 Å². The molecule has 2 aliphatic heterocycles. The normalized spacial score (nSPS) is 22.9. The van der Waals surface area contributed by atoms with Gasteiger partial charge >= 0.3 is 0 Å². The van der Waals surface area contributed by atoms with Crippen molar-refractivity contribution in [3.8, 4) is 0 Å². The van der Waals surface area contributed by atoms with Crippen molar-refractivity contribution in [2.45, 2.75) is 76.7 Å². The summed E-state index contributed by atoms with van der Waals surface area (Å²) in [5.41, 5.74) is 0. The largest absolute Gasteiger partial charge is 0.351 e. The molecule has 0 spiro atoms. The molecule has 0 radical (unpaired) electrons. The van der Waals surface area contributed by atoms with Crippen LogP contribution >= 0.6 is 0 Å². The molecule has 3 aliphatic rings. The van der Waals surface area contributed by atoms with Gasteiger partial charge in [0.15, 0.2) is 0 Å². The summed E-state index contributed by atoms with van der Waals surface area (Å²) in [4.78, 5) is 19.2. The molecule has 1 aliphatic carbocycles. The summed E-state index contributed by atoms with van der Waals surface area (Å²) < 4.78 is 0. The summed E-state index contributed by atoms with van der Waals surface area (Å²) in [7, 11) is 0. The Morgan fingerprint density at radius 1 is 0.600 bits per heavy atom. The van der Waals surface area contributed by atoms with Crippen molar-refractivity contribution in [3.63, 3.8) is 0 Å². The molecule has 25 heavy (non-hydrogen) atoms. The predicted octanol–water partition coefficient (Wildman–Crippen LogP) is 3.60. The van der Waals surface area contributed by atoms with Gasteiger partial charge in [-0.1, -0.05) is 19.3 Å². The maximum absolute atomic E-state index is 4.86. The van der Waals surface area contributed by atoms with Crippen LogP contribution in [0.15, 0.2) is 0 Å². The van der Waals surface area contributed by atoms with Gasteiger partial charge in [0.05, 0.1) is 0 Å². The Morgan fingerprint density at radius 3 is 1.60 bits per heavy atom. The van der Waals surface area contributed by atoms with Gasteiger partial charge < -0.3 is 15.1 Å². The fourth-order valence-electron chi connectivity index (χ4n) is 4.32. The molecule has 1 aromatic heterocycles. The van der Waals surface area contributed by atoms with Crippen LogP contribution < -0.4 is 15.1 Å². The van der Waals surface area contributed by atoms with E-state index in [0.717, 1.165) is 44.0 Å². The molecule has 0 aromatic carbocycles. The Bertz CT molecular complexity index is 509. The Labute approximate surface area is 151 Å². The van der Waals surface area contributed by atoms with E-state index in [9.17, 15) is 0 Å². The quantitative estimate of drug-likeness (QED) is 0.901. The van der Waals surface area contributed by atoms with Crippen LogP contribution in [0.3, 0.4) is 0 Å². The summed E-state index contributed by atoms with van der Waals surface area (Å²) in [5.74, 6) is 2.56. The average molecular weight is 345 g/mol. The number of aromatic nitrogens is 3. The monoisotopic (exact) mass is 344 g/mol. The second-order valence-electron chi connectivity index (χ2n) is 7.83. The Balaban J connectivity index is 1.56. The number of anilines is 3. The number of nitrogens with zero attached hydrogens (tertiary/aromatic N) is 5. The van der Waals surface area contributed by atoms with Crippen LogP contribution in [-0.4, -0.2) is 47.2 Å². The van der Waals surface area contributed by atoms with Crippen molar-refractivity contribution in [3.05, 3.63) is 0 Å². The number of piperidine rings is 2. The maximum Gasteiger partial charge on any atom is 0.231 e. The highest BCUT2D eigenvalue weighted by Crippen LogP contribution is 2.25. The summed E-state index contributed by atoms with van der Waals surface area (Å²) in [6, 6.07) is 0.527. The molecule has 3 fully saturated rings.